The summed E-state index contributed by atoms with van der Waals surface area (Å²) in [6, 6.07) is 11.7. The van der Waals surface area contributed by atoms with Crippen LogP contribution in [-0.2, 0) is 6.54 Å². The zero-order valence-electron chi connectivity index (χ0n) is 12.2. The van der Waals surface area contributed by atoms with E-state index in [2.05, 4.69) is 29.4 Å². The average molecular weight is 269 g/mol. The third-order valence-corrected chi connectivity index (χ3v) is 5.01. The molecule has 0 aromatic heterocycles. The zero-order valence-corrected chi connectivity index (χ0v) is 12.2. The predicted octanol–water partition coefficient (Wildman–Crippen LogP) is 2.52. The fourth-order valence-corrected chi connectivity index (χ4v) is 3.86. The number of hydrogen-bond acceptors (Lipinski definition) is 3. The summed E-state index contributed by atoms with van der Waals surface area (Å²) >= 11 is 0. The van der Waals surface area contributed by atoms with E-state index in [0.717, 1.165) is 36.7 Å². The van der Waals surface area contributed by atoms with Crippen LogP contribution in [-0.4, -0.2) is 30.6 Å². The van der Waals surface area contributed by atoms with Gasteiger partial charge in [-0.1, -0.05) is 12.1 Å². The molecular formula is C17H23N3. The second-order valence-corrected chi connectivity index (χ2v) is 6.33. The molecule has 2 saturated heterocycles. The maximum absolute atomic E-state index is 8.91. The standard InChI is InChI=1S/C17H23N3/c1-20-16-5-6-17(20)9-15(8-16)12-19-11-14-4-2-3-13(7-14)10-18/h2-4,7,15-17,19H,5-6,8-9,11-12H2,1H3. The van der Waals surface area contributed by atoms with Gasteiger partial charge in [0.2, 0.25) is 0 Å². The molecule has 0 aliphatic carbocycles. The third-order valence-electron chi connectivity index (χ3n) is 5.01. The van der Waals surface area contributed by atoms with Crippen LogP contribution in [0.15, 0.2) is 24.3 Å². The van der Waals surface area contributed by atoms with Crippen LogP contribution < -0.4 is 5.32 Å². The summed E-state index contributed by atoms with van der Waals surface area (Å²) in [7, 11) is 2.29. The first-order valence-corrected chi connectivity index (χ1v) is 7.68. The predicted molar refractivity (Wildman–Crippen MR) is 80.2 cm³/mol. The number of rotatable bonds is 4. The Balaban J connectivity index is 1.47. The molecule has 3 rings (SSSR count). The molecule has 0 saturated carbocycles. The fraction of sp³-hybridized carbons (Fsp3) is 0.588. The minimum Gasteiger partial charge on any atom is -0.312 e. The number of nitrogens with zero attached hydrogens (tertiary/aromatic N) is 2. The number of benzene rings is 1. The Morgan fingerprint density at radius 1 is 1.30 bits per heavy atom. The molecule has 3 nitrogen and oxygen atoms in total. The van der Waals surface area contributed by atoms with Gasteiger partial charge in [-0.2, -0.15) is 5.26 Å². The number of fused-ring (bicyclic) bond motifs is 2. The smallest absolute Gasteiger partial charge is 0.0991 e. The van der Waals surface area contributed by atoms with Gasteiger partial charge in [-0.25, -0.2) is 0 Å². The van der Waals surface area contributed by atoms with Crippen molar-refractivity contribution in [3.63, 3.8) is 0 Å². The van der Waals surface area contributed by atoms with Gasteiger partial charge >= 0.3 is 0 Å². The highest BCUT2D eigenvalue weighted by atomic mass is 15.2. The van der Waals surface area contributed by atoms with Crippen molar-refractivity contribution in [2.45, 2.75) is 44.3 Å². The quantitative estimate of drug-likeness (QED) is 0.913. The Morgan fingerprint density at radius 2 is 2.05 bits per heavy atom. The van der Waals surface area contributed by atoms with Crippen molar-refractivity contribution in [3.05, 3.63) is 35.4 Å². The van der Waals surface area contributed by atoms with Crippen LogP contribution in [0.4, 0.5) is 0 Å². The Hall–Kier alpha value is -1.37. The van der Waals surface area contributed by atoms with Crippen LogP contribution in [0.5, 0.6) is 0 Å². The van der Waals surface area contributed by atoms with E-state index in [-0.39, 0.29) is 0 Å². The van der Waals surface area contributed by atoms with E-state index in [1.165, 1.54) is 31.2 Å². The van der Waals surface area contributed by atoms with Gasteiger partial charge < -0.3 is 10.2 Å². The van der Waals surface area contributed by atoms with Gasteiger partial charge in [0.1, 0.15) is 0 Å². The summed E-state index contributed by atoms with van der Waals surface area (Å²) in [6.45, 7) is 1.98. The maximum atomic E-state index is 8.91. The van der Waals surface area contributed by atoms with Crippen molar-refractivity contribution in [1.29, 1.82) is 5.26 Å². The first-order valence-electron chi connectivity index (χ1n) is 7.68. The minimum absolute atomic E-state index is 0.752. The van der Waals surface area contributed by atoms with E-state index in [0.29, 0.717) is 0 Å². The molecule has 2 fully saturated rings. The Labute approximate surface area is 121 Å². The molecule has 20 heavy (non-hydrogen) atoms. The van der Waals surface area contributed by atoms with Gasteiger partial charge in [0.05, 0.1) is 11.6 Å². The zero-order chi connectivity index (χ0) is 13.9. The van der Waals surface area contributed by atoms with E-state index in [1.54, 1.807) is 0 Å². The van der Waals surface area contributed by atoms with Gasteiger partial charge in [-0.3, -0.25) is 0 Å². The summed E-state index contributed by atoms with van der Waals surface area (Å²) in [6.07, 6.45) is 5.47. The van der Waals surface area contributed by atoms with Crippen LogP contribution in [0.3, 0.4) is 0 Å². The van der Waals surface area contributed by atoms with Crippen LogP contribution in [0.2, 0.25) is 0 Å². The molecule has 2 bridgehead atoms. The van der Waals surface area contributed by atoms with Crippen molar-refractivity contribution >= 4 is 0 Å². The van der Waals surface area contributed by atoms with Gasteiger partial charge in [0.25, 0.3) is 0 Å². The SMILES string of the molecule is CN1C2CCC1CC(CNCc1cccc(C#N)c1)C2. The van der Waals surface area contributed by atoms with Crippen LogP contribution in [0, 0.1) is 17.2 Å². The second-order valence-electron chi connectivity index (χ2n) is 6.33. The van der Waals surface area contributed by atoms with Gasteiger partial charge in [0, 0.05) is 18.6 Å². The van der Waals surface area contributed by atoms with Crippen molar-refractivity contribution in [1.82, 2.24) is 10.2 Å². The van der Waals surface area contributed by atoms with E-state index >= 15 is 0 Å². The summed E-state index contributed by atoms with van der Waals surface area (Å²) < 4.78 is 0. The molecule has 2 heterocycles. The first-order chi connectivity index (χ1) is 9.76. The molecule has 1 N–H and O–H groups in total. The van der Waals surface area contributed by atoms with E-state index in [9.17, 15) is 0 Å². The second kappa shape index (κ2) is 5.95. The maximum Gasteiger partial charge on any atom is 0.0991 e. The number of piperidine rings is 1. The van der Waals surface area contributed by atoms with E-state index in [1.807, 2.05) is 18.2 Å². The van der Waals surface area contributed by atoms with Gasteiger partial charge in [0.15, 0.2) is 0 Å². The summed E-state index contributed by atoms with van der Waals surface area (Å²) in [5.74, 6) is 0.822. The van der Waals surface area contributed by atoms with Crippen molar-refractivity contribution in [3.8, 4) is 6.07 Å². The molecule has 1 aromatic rings. The van der Waals surface area contributed by atoms with Crippen molar-refractivity contribution < 1.29 is 0 Å². The van der Waals surface area contributed by atoms with Crippen molar-refractivity contribution in [2.24, 2.45) is 5.92 Å². The van der Waals surface area contributed by atoms with Crippen LogP contribution in [0.25, 0.3) is 0 Å². The lowest BCUT2D eigenvalue weighted by atomic mass is 9.91. The highest BCUT2D eigenvalue weighted by Gasteiger charge is 2.37. The topological polar surface area (TPSA) is 39.1 Å². The van der Waals surface area contributed by atoms with Gasteiger partial charge in [-0.05, 0) is 62.9 Å². The van der Waals surface area contributed by atoms with Gasteiger partial charge in [-0.15, -0.1) is 0 Å². The highest BCUT2D eigenvalue weighted by molar-refractivity contribution is 5.32. The molecule has 2 atom stereocenters. The highest BCUT2D eigenvalue weighted by Crippen LogP contribution is 2.36. The van der Waals surface area contributed by atoms with E-state index < -0.39 is 0 Å². The molecular weight excluding hydrogens is 246 g/mol. The molecule has 106 valence electrons. The average Bonchev–Trinajstić information content (AvgIpc) is 2.69. The molecule has 0 amide bonds. The Morgan fingerprint density at radius 3 is 2.75 bits per heavy atom. The summed E-state index contributed by atoms with van der Waals surface area (Å²) in [4.78, 5) is 2.59. The van der Waals surface area contributed by atoms with Crippen molar-refractivity contribution in [2.75, 3.05) is 13.6 Å². The summed E-state index contributed by atoms with van der Waals surface area (Å²) in [5.41, 5.74) is 1.96. The molecule has 2 unspecified atom stereocenters. The van der Waals surface area contributed by atoms with Crippen LogP contribution in [0.1, 0.15) is 36.8 Å². The number of nitriles is 1. The minimum atomic E-state index is 0.752. The molecule has 3 heteroatoms. The third kappa shape index (κ3) is 2.87. The summed E-state index contributed by atoms with van der Waals surface area (Å²) in [5, 5.41) is 12.5. The molecule has 1 aromatic carbocycles. The fourth-order valence-electron chi connectivity index (χ4n) is 3.86. The monoisotopic (exact) mass is 269 g/mol. The lowest BCUT2D eigenvalue weighted by molar-refractivity contribution is 0.133. The Bertz CT molecular complexity index is 491. The normalized spacial score (nSPS) is 29.3. The number of hydrogen-bond donors (Lipinski definition) is 1. The lowest BCUT2D eigenvalue weighted by Crippen LogP contribution is -2.42. The molecule has 2 aliphatic rings. The molecule has 0 radical (unpaired) electrons. The number of nitrogens with one attached hydrogen (secondary N) is 1. The van der Waals surface area contributed by atoms with Crippen LogP contribution >= 0.6 is 0 Å². The Kier molecular flexibility index (Phi) is 4.05. The van der Waals surface area contributed by atoms with E-state index in [4.69, 9.17) is 5.26 Å². The first kappa shape index (κ1) is 13.6. The largest absolute Gasteiger partial charge is 0.312 e. The molecule has 2 aliphatic heterocycles. The lowest BCUT2D eigenvalue weighted by Gasteiger charge is -2.36. The molecule has 0 spiro atoms.